The molecule has 0 atom stereocenters. The maximum Gasteiger partial charge on any atom is 0.265 e. The summed E-state index contributed by atoms with van der Waals surface area (Å²) >= 11 is 0. The summed E-state index contributed by atoms with van der Waals surface area (Å²) in [5, 5.41) is 8.96. The van der Waals surface area contributed by atoms with Crippen molar-refractivity contribution in [2.24, 2.45) is 27.3 Å². The Bertz CT molecular complexity index is 892. The van der Waals surface area contributed by atoms with Crippen molar-refractivity contribution in [1.29, 1.82) is 0 Å². The third-order valence-electron chi connectivity index (χ3n) is 3.54. The van der Waals surface area contributed by atoms with Gasteiger partial charge in [-0.1, -0.05) is 0 Å². The fourth-order valence-corrected chi connectivity index (χ4v) is 2.08. The molecule has 0 spiro atoms. The van der Waals surface area contributed by atoms with Crippen molar-refractivity contribution in [2.75, 3.05) is 11.6 Å². The third-order valence-corrected chi connectivity index (χ3v) is 3.54. The van der Waals surface area contributed by atoms with E-state index in [4.69, 9.17) is 22.0 Å². The SMILES string of the molecule is CC(N=CN)=Nc1ccc(OC/C(=C(\C)N)N(N)c2ccc(C(F)F)cn2)nn1. The van der Waals surface area contributed by atoms with Crippen LogP contribution < -0.4 is 27.1 Å². The molecule has 0 fully saturated rings. The Morgan fingerprint density at radius 2 is 2.00 bits per heavy atom. The molecule has 0 aliphatic heterocycles. The lowest BCUT2D eigenvalue weighted by atomic mass is 10.3. The zero-order chi connectivity index (χ0) is 21.4. The van der Waals surface area contributed by atoms with Gasteiger partial charge in [-0.15, -0.1) is 10.2 Å². The lowest BCUT2D eigenvalue weighted by Gasteiger charge is -2.22. The lowest BCUT2D eigenvalue weighted by molar-refractivity contribution is 0.151. The second kappa shape index (κ2) is 10.0. The van der Waals surface area contributed by atoms with E-state index >= 15 is 0 Å². The Kier molecular flexibility index (Phi) is 7.48. The molecule has 0 bridgehead atoms. The normalized spacial score (nSPS) is 13.0. The number of rotatable bonds is 7. The molecule has 29 heavy (non-hydrogen) atoms. The van der Waals surface area contributed by atoms with Crippen LogP contribution in [-0.2, 0) is 0 Å². The van der Waals surface area contributed by atoms with Gasteiger partial charge in [-0.3, -0.25) is 5.01 Å². The van der Waals surface area contributed by atoms with Crippen LogP contribution in [0.1, 0.15) is 25.8 Å². The molecule has 2 rings (SSSR count). The van der Waals surface area contributed by atoms with Crippen molar-refractivity contribution in [3.05, 3.63) is 47.4 Å². The zero-order valence-corrected chi connectivity index (χ0v) is 15.8. The summed E-state index contributed by atoms with van der Waals surface area (Å²) in [6, 6.07) is 5.74. The van der Waals surface area contributed by atoms with Gasteiger partial charge < -0.3 is 16.2 Å². The van der Waals surface area contributed by atoms with E-state index in [9.17, 15) is 8.78 Å². The van der Waals surface area contributed by atoms with Crippen molar-refractivity contribution >= 4 is 23.8 Å². The maximum absolute atomic E-state index is 12.7. The predicted molar refractivity (Wildman–Crippen MR) is 106 cm³/mol. The van der Waals surface area contributed by atoms with Crippen molar-refractivity contribution in [3.8, 4) is 5.88 Å². The molecule has 0 aromatic carbocycles. The van der Waals surface area contributed by atoms with Gasteiger partial charge in [-0.25, -0.2) is 29.6 Å². The first-order chi connectivity index (χ1) is 13.8. The van der Waals surface area contributed by atoms with Crippen LogP contribution in [-0.4, -0.2) is 34.0 Å². The molecule has 10 nitrogen and oxygen atoms in total. The van der Waals surface area contributed by atoms with E-state index in [0.29, 0.717) is 23.0 Å². The van der Waals surface area contributed by atoms with E-state index in [1.165, 1.54) is 12.1 Å². The molecule has 0 aliphatic rings. The highest BCUT2D eigenvalue weighted by atomic mass is 19.3. The molecule has 6 N–H and O–H groups in total. The summed E-state index contributed by atoms with van der Waals surface area (Å²) in [4.78, 5) is 11.8. The molecule has 2 aromatic heterocycles. The van der Waals surface area contributed by atoms with E-state index < -0.39 is 6.43 Å². The number of alkyl halides is 2. The summed E-state index contributed by atoms with van der Waals surface area (Å²) < 4.78 is 30.9. The number of hydrogen-bond donors (Lipinski definition) is 3. The van der Waals surface area contributed by atoms with Crippen LogP contribution in [0.3, 0.4) is 0 Å². The molecule has 0 amide bonds. The van der Waals surface area contributed by atoms with Crippen LogP contribution in [0.25, 0.3) is 0 Å². The number of ether oxygens (including phenoxy) is 1. The number of hydrogen-bond acceptors (Lipinski definition) is 8. The summed E-state index contributed by atoms with van der Waals surface area (Å²) in [5.41, 5.74) is 11.6. The molecule has 0 aliphatic carbocycles. The quantitative estimate of drug-likeness (QED) is 0.273. The first-order valence-electron chi connectivity index (χ1n) is 8.32. The van der Waals surface area contributed by atoms with Gasteiger partial charge in [0.1, 0.15) is 18.3 Å². The van der Waals surface area contributed by atoms with Gasteiger partial charge in [0, 0.05) is 23.5 Å². The summed E-state index contributed by atoms with van der Waals surface area (Å²) in [6.45, 7) is 3.23. The predicted octanol–water partition coefficient (Wildman–Crippen LogP) is 1.80. The van der Waals surface area contributed by atoms with Crippen LogP contribution in [0.2, 0.25) is 0 Å². The van der Waals surface area contributed by atoms with Gasteiger partial charge in [0.2, 0.25) is 5.88 Å². The van der Waals surface area contributed by atoms with Crippen LogP contribution >= 0.6 is 0 Å². The minimum atomic E-state index is -2.62. The van der Waals surface area contributed by atoms with E-state index in [-0.39, 0.29) is 23.9 Å². The number of aliphatic imine (C=N–C) groups is 2. The topological polar surface area (TPSA) is 154 Å². The van der Waals surface area contributed by atoms with E-state index in [1.54, 1.807) is 26.0 Å². The summed E-state index contributed by atoms with van der Waals surface area (Å²) in [5.74, 6) is 7.21. The Balaban J connectivity index is 2.08. The highest BCUT2D eigenvalue weighted by Crippen LogP contribution is 2.21. The molecule has 0 unspecified atom stereocenters. The maximum atomic E-state index is 12.7. The first kappa shape index (κ1) is 21.6. The molecule has 2 heterocycles. The molecular weight excluding hydrogens is 384 g/mol. The lowest BCUT2D eigenvalue weighted by Crippen LogP contribution is -2.35. The van der Waals surface area contributed by atoms with Crippen molar-refractivity contribution in [3.63, 3.8) is 0 Å². The van der Waals surface area contributed by atoms with Gasteiger partial charge in [0.25, 0.3) is 6.43 Å². The zero-order valence-electron chi connectivity index (χ0n) is 15.8. The monoisotopic (exact) mass is 405 g/mol. The minimum absolute atomic E-state index is 0.0507. The Morgan fingerprint density at radius 3 is 2.52 bits per heavy atom. The second-order valence-electron chi connectivity index (χ2n) is 5.71. The molecular formula is C17H21F2N9O. The second-order valence-corrected chi connectivity index (χ2v) is 5.71. The fraction of sp³-hybridized carbons (Fsp3) is 0.235. The summed E-state index contributed by atoms with van der Waals surface area (Å²) in [7, 11) is 0. The molecule has 0 radical (unpaired) electrons. The average Bonchev–Trinajstić information content (AvgIpc) is 2.69. The molecule has 154 valence electrons. The number of allylic oxidation sites excluding steroid dienone is 1. The van der Waals surface area contributed by atoms with Crippen LogP contribution in [0.5, 0.6) is 5.88 Å². The first-order valence-corrected chi connectivity index (χ1v) is 8.32. The van der Waals surface area contributed by atoms with Crippen LogP contribution in [0.4, 0.5) is 20.4 Å². The average molecular weight is 405 g/mol. The molecule has 0 saturated heterocycles. The van der Waals surface area contributed by atoms with E-state index in [2.05, 4.69) is 25.2 Å². The van der Waals surface area contributed by atoms with E-state index in [1.807, 2.05) is 0 Å². The summed E-state index contributed by atoms with van der Waals surface area (Å²) in [6.07, 6.45) is -0.443. The number of amidine groups is 1. The number of nitrogens with two attached hydrogens (primary N) is 3. The van der Waals surface area contributed by atoms with Crippen LogP contribution in [0.15, 0.2) is 51.8 Å². The van der Waals surface area contributed by atoms with Gasteiger partial charge >= 0.3 is 0 Å². The Morgan fingerprint density at radius 1 is 1.24 bits per heavy atom. The number of aromatic nitrogens is 3. The number of nitrogens with zero attached hydrogens (tertiary/aromatic N) is 6. The number of halogens is 2. The third kappa shape index (κ3) is 6.17. The molecule has 2 aromatic rings. The minimum Gasteiger partial charge on any atom is -0.470 e. The number of pyridine rings is 1. The fourth-order valence-electron chi connectivity index (χ4n) is 2.08. The number of anilines is 1. The van der Waals surface area contributed by atoms with Gasteiger partial charge in [0.15, 0.2) is 5.82 Å². The van der Waals surface area contributed by atoms with E-state index in [0.717, 1.165) is 17.5 Å². The van der Waals surface area contributed by atoms with Gasteiger partial charge in [-0.2, -0.15) is 0 Å². The van der Waals surface area contributed by atoms with Crippen molar-refractivity contribution in [1.82, 2.24) is 15.2 Å². The van der Waals surface area contributed by atoms with Crippen LogP contribution in [0, 0.1) is 0 Å². The Labute approximate surface area is 165 Å². The highest BCUT2D eigenvalue weighted by molar-refractivity contribution is 5.88. The highest BCUT2D eigenvalue weighted by Gasteiger charge is 2.15. The van der Waals surface area contributed by atoms with Crippen molar-refractivity contribution in [2.45, 2.75) is 20.3 Å². The van der Waals surface area contributed by atoms with Gasteiger partial charge in [-0.05, 0) is 32.0 Å². The molecule has 12 heteroatoms. The smallest absolute Gasteiger partial charge is 0.265 e. The Hall–Kier alpha value is -3.67. The largest absolute Gasteiger partial charge is 0.470 e. The van der Waals surface area contributed by atoms with Crippen molar-refractivity contribution < 1.29 is 13.5 Å². The standard InChI is InChI=1S/C17H21F2N9O/c1-10(21)13(28(22)15-5-3-12(7-23-15)17(18)19)8-29-16-6-4-14(26-27-16)25-11(2)24-9-20/h3-7,9,17H,8,21-22H2,1-2H3,(H2,20,24,25,26)/b13-10-. The number of hydrazine groups is 1. The molecule has 0 saturated carbocycles. The van der Waals surface area contributed by atoms with Gasteiger partial charge in [0.05, 0.1) is 12.0 Å².